The van der Waals surface area contributed by atoms with Crippen molar-refractivity contribution in [2.24, 2.45) is 0 Å². The van der Waals surface area contributed by atoms with Gasteiger partial charge in [0.15, 0.2) is 11.5 Å². The Hall–Kier alpha value is -2.20. The molecule has 0 aliphatic carbocycles. The van der Waals surface area contributed by atoms with Crippen molar-refractivity contribution in [1.29, 1.82) is 0 Å². The fraction of sp³-hybridized carbons (Fsp3) is 0.478. The minimum Gasteiger partial charge on any atom is -0.504 e. The van der Waals surface area contributed by atoms with Crippen LogP contribution in [0, 0.1) is 6.92 Å². The summed E-state index contributed by atoms with van der Waals surface area (Å²) >= 11 is 0. The number of phenolic OH excluding ortho intramolecular Hbond substituents is 1. The number of fused-ring (bicyclic) bond motifs is 4. The molecule has 0 unspecified atom stereocenters. The van der Waals surface area contributed by atoms with E-state index in [0.717, 1.165) is 31.6 Å². The quantitative estimate of drug-likeness (QED) is 0.877. The lowest BCUT2D eigenvalue weighted by atomic mass is 9.79. The molecule has 2 aliphatic rings. The number of rotatable bonds is 3. The molecule has 4 rings (SSSR count). The van der Waals surface area contributed by atoms with Crippen molar-refractivity contribution in [3.8, 4) is 17.2 Å². The molecular formula is C23H29NO3. The van der Waals surface area contributed by atoms with Crippen LogP contribution in [0.3, 0.4) is 0 Å². The molecule has 4 heteroatoms. The average Bonchev–Trinajstić information content (AvgIpc) is 2.67. The molecule has 2 atom stereocenters. The fourth-order valence-corrected chi connectivity index (χ4v) is 5.05. The second-order valence-electron chi connectivity index (χ2n) is 7.84. The molecule has 0 bridgehead atoms. The Bertz CT molecular complexity index is 890. The third kappa shape index (κ3) is 2.78. The molecule has 27 heavy (non-hydrogen) atoms. The van der Waals surface area contributed by atoms with E-state index < -0.39 is 0 Å². The molecule has 4 nitrogen and oxygen atoms in total. The normalized spacial score (nSPS) is 21.2. The largest absolute Gasteiger partial charge is 0.504 e. The Balaban J connectivity index is 1.82. The smallest absolute Gasteiger partial charge is 0.160 e. The van der Waals surface area contributed by atoms with Crippen molar-refractivity contribution in [3.05, 3.63) is 51.6 Å². The predicted molar refractivity (Wildman–Crippen MR) is 107 cm³/mol. The lowest BCUT2D eigenvalue weighted by Gasteiger charge is -2.46. The van der Waals surface area contributed by atoms with Crippen molar-refractivity contribution in [2.75, 3.05) is 14.2 Å². The van der Waals surface area contributed by atoms with Crippen LogP contribution in [-0.2, 0) is 25.8 Å². The van der Waals surface area contributed by atoms with E-state index in [9.17, 15) is 5.11 Å². The molecule has 2 aromatic carbocycles. The molecule has 1 N–H and O–H groups in total. The minimum absolute atomic E-state index is 0.228. The summed E-state index contributed by atoms with van der Waals surface area (Å²) in [4.78, 5) is 2.59. The van der Waals surface area contributed by atoms with Gasteiger partial charge in [-0.1, -0.05) is 6.92 Å². The number of benzene rings is 2. The number of phenols is 1. The van der Waals surface area contributed by atoms with Crippen LogP contribution in [0.2, 0.25) is 0 Å². The SMILES string of the molecule is CCc1c(OC)cc2c(c1C)CN1[C@@H](C)Cc3cc(OC)c(O)cc3[C@@H]1C2. The highest BCUT2D eigenvalue weighted by Crippen LogP contribution is 2.45. The minimum atomic E-state index is 0.228. The molecule has 144 valence electrons. The number of aromatic hydroxyl groups is 1. The van der Waals surface area contributed by atoms with E-state index in [1.54, 1.807) is 14.2 Å². The molecule has 2 aromatic rings. The Morgan fingerprint density at radius 2 is 1.78 bits per heavy atom. The summed E-state index contributed by atoms with van der Waals surface area (Å²) in [6.45, 7) is 7.69. The molecule has 0 aromatic heterocycles. The zero-order valence-corrected chi connectivity index (χ0v) is 16.9. The maximum atomic E-state index is 10.3. The van der Waals surface area contributed by atoms with Gasteiger partial charge in [-0.25, -0.2) is 0 Å². The summed E-state index contributed by atoms with van der Waals surface area (Å²) in [5, 5.41) is 10.3. The van der Waals surface area contributed by atoms with Crippen molar-refractivity contribution in [3.63, 3.8) is 0 Å². The van der Waals surface area contributed by atoms with Crippen molar-refractivity contribution < 1.29 is 14.6 Å². The van der Waals surface area contributed by atoms with Crippen LogP contribution in [0.25, 0.3) is 0 Å². The summed E-state index contributed by atoms with van der Waals surface area (Å²) in [6.07, 6.45) is 2.91. The van der Waals surface area contributed by atoms with Gasteiger partial charge in [-0.3, -0.25) is 4.90 Å². The van der Waals surface area contributed by atoms with Gasteiger partial charge >= 0.3 is 0 Å². The Labute approximate surface area is 161 Å². The molecular weight excluding hydrogens is 338 g/mol. The van der Waals surface area contributed by atoms with E-state index in [0.29, 0.717) is 11.8 Å². The Morgan fingerprint density at radius 1 is 1.07 bits per heavy atom. The van der Waals surface area contributed by atoms with E-state index in [4.69, 9.17) is 9.47 Å². The van der Waals surface area contributed by atoms with Crippen LogP contribution in [0.1, 0.15) is 53.3 Å². The van der Waals surface area contributed by atoms with Crippen LogP contribution in [0.5, 0.6) is 17.2 Å². The van der Waals surface area contributed by atoms with Gasteiger partial charge in [-0.15, -0.1) is 0 Å². The summed E-state index contributed by atoms with van der Waals surface area (Å²) in [5.74, 6) is 1.80. The summed E-state index contributed by atoms with van der Waals surface area (Å²) in [7, 11) is 3.37. The first-order valence-electron chi connectivity index (χ1n) is 9.82. The lowest BCUT2D eigenvalue weighted by molar-refractivity contribution is 0.105. The van der Waals surface area contributed by atoms with Gasteiger partial charge in [0.25, 0.3) is 0 Å². The highest BCUT2D eigenvalue weighted by molar-refractivity contribution is 5.53. The topological polar surface area (TPSA) is 41.9 Å². The van der Waals surface area contributed by atoms with Crippen LogP contribution in [-0.4, -0.2) is 30.3 Å². The number of methoxy groups -OCH3 is 2. The molecule has 0 spiro atoms. The zero-order valence-electron chi connectivity index (χ0n) is 16.9. The molecule has 0 amide bonds. The van der Waals surface area contributed by atoms with Crippen molar-refractivity contribution in [1.82, 2.24) is 4.90 Å². The van der Waals surface area contributed by atoms with Crippen LogP contribution < -0.4 is 9.47 Å². The number of ether oxygens (including phenoxy) is 2. The summed E-state index contributed by atoms with van der Waals surface area (Å²) < 4.78 is 11.0. The van der Waals surface area contributed by atoms with E-state index in [1.165, 1.54) is 33.4 Å². The van der Waals surface area contributed by atoms with Gasteiger partial charge in [0, 0.05) is 18.6 Å². The maximum Gasteiger partial charge on any atom is 0.160 e. The van der Waals surface area contributed by atoms with Crippen LogP contribution in [0.15, 0.2) is 18.2 Å². The number of hydrogen-bond acceptors (Lipinski definition) is 4. The standard InChI is InChI=1S/C23H29NO3/c1-6-17-14(3)19-12-24-13(2)7-15-10-23(27-5)21(25)11-18(15)20(24)8-16(19)9-22(17)26-4/h9-11,13,20,25H,6-8,12H2,1-5H3/t13-,20-/m0/s1. The van der Waals surface area contributed by atoms with E-state index in [-0.39, 0.29) is 11.8 Å². The molecule has 0 fully saturated rings. The Kier molecular flexibility index (Phi) is 4.55. The predicted octanol–water partition coefficient (Wildman–Crippen LogP) is 4.32. The molecule has 0 radical (unpaired) electrons. The first-order valence-corrected chi connectivity index (χ1v) is 9.82. The van der Waals surface area contributed by atoms with Crippen molar-refractivity contribution >= 4 is 0 Å². The molecule has 0 saturated carbocycles. The van der Waals surface area contributed by atoms with E-state index in [2.05, 4.69) is 31.7 Å². The average molecular weight is 367 g/mol. The highest BCUT2D eigenvalue weighted by Gasteiger charge is 2.37. The fourth-order valence-electron chi connectivity index (χ4n) is 5.05. The summed E-state index contributed by atoms with van der Waals surface area (Å²) in [6, 6.07) is 6.90. The third-order valence-electron chi connectivity index (χ3n) is 6.50. The zero-order chi connectivity index (χ0) is 19.3. The Morgan fingerprint density at radius 3 is 2.44 bits per heavy atom. The van der Waals surface area contributed by atoms with Gasteiger partial charge in [0.1, 0.15) is 5.75 Å². The number of hydrogen-bond donors (Lipinski definition) is 1. The first kappa shape index (κ1) is 18.2. The second kappa shape index (κ2) is 6.75. The first-order chi connectivity index (χ1) is 13.0. The lowest BCUT2D eigenvalue weighted by Crippen LogP contribution is -2.45. The molecule has 0 saturated heterocycles. The van der Waals surface area contributed by atoms with E-state index >= 15 is 0 Å². The van der Waals surface area contributed by atoms with Gasteiger partial charge in [-0.2, -0.15) is 0 Å². The van der Waals surface area contributed by atoms with Gasteiger partial charge in [-0.05, 0) is 84.7 Å². The second-order valence-corrected chi connectivity index (χ2v) is 7.84. The third-order valence-corrected chi connectivity index (χ3v) is 6.50. The maximum absolute atomic E-state index is 10.3. The van der Waals surface area contributed by atoms with E-state index in [1.807, 2.05) is 12.1 Å². The van der Waals surface area contributed by atoms with Crippen LogP contribution in [0.4, 0.5) is 0 Å². The van der Waals surface area contributed by atoms with Gasteiger partial charge in [0.05, 0.1) is 14.2 Å². The summed E-state index contributed by atoms with van der Waals surface area (Å²) in [5.41, 5.74) is 8.04. The van der Waals surface area contributed by atoms with Crippen molar-refractivity contribution in [2.45, 2.75) is 58.7 Å². The molecule has 2 heterocycles. The highest BCUT2D eigenvalue weighted by atomic mass is 16.5. The molecule has 2 aliphatic heterocycles. The van der Waals surface area contributed by atoms with Gasteiger partial charge in [0.2, 0.25) is 0 Å². The van der Waals surface area contributed by atoms with Gasteiger partial charge < -0.3 is 14.6 Å². The monoisotopic (exact) mass is 367 g/mol. The van der Waals surface area contributed by atoms with Crippen LogP contribution >= 0.6 is 0 Å². The number of nitrogens with zero attached hydrogens (tertiary/aromatic N) is 1.